The summed E-state index contributed by atoms with van der Waals surface area (Å²) in [6, 6.07) is 15.4. The van der Waals surface area contributed by atoms with E-state index in [1.54, 1.807) is 12.1 Å². The number of carboxylic acid groups (broad SMARTS) is 1. The zero-order valence-electron chi connectivity index (χ0n) is 18.4. The minimum absolute atomic E-state index is 0.0863. The van der Waals surface area contributed by atoms with E-state index in [0.717, 1.165) is 29.7 Å². The molecular formula is C26H29F2NO4. The van der Waals surface area contributed by atoms with E-state index in [4.69, 9.17) is 5.11 Å². The molecule has 2 N–H and O–H groups in total. The average molecular weight is 458 g/mol. The third-order valence-corrected chi connectivity index (χ3v) is 5.90. The van der Waals surface area contributed by atoms with E-state index < -0.39 is 36.4 Å². The standard InChI is InChI=1S/C26H29F2NO4/c27-26(28)18-22(14-15-23(30)9-5-4-8-19-6-2-1-3-7-19)29(25(26)33)17-16-20-10-12-21(13-11-20)24(31)32/h1-3,6-7,10-15,22-23,30H,4-5,8-9,16-18H2,(H,31,32)/t22-,23-/m0/s1. The topological polar surface area (TPSA) is 77.8 Å². The second-order valence-electron chi connectivity index (χ2n) is 8.41. The van der Waals surface area contributed by atoms with Crippen molar-refractivity contribution in [2.24, 2.45) is 0 Å². The molecular weight excluding hydrogens is 428 g/mol. The molecule has 5 nitrogen and oxygen atoms in total. The van der Waals surface area contributed by atoms with Gasteiger partial charge in [0.2, 0.25) is 0 Å². The Morgan fingerprint density at radius 1 is 1.06 bits per heavy atom. The van der Waals surface area contributed by atoms with Crippen molar-refractivity contribution in [3.63, 3.8) is 0 Å². The minimum Gasteiger partial charge on any atom is -0.478 e. The number of aliphatic hydroxyl groups is 1. The molecule has 0 spiro atoms. The number of carboxylic acids is 1. The maximum Gasteiger partial charge on any atom is 0.335 e. The van der Waals surface area contributed by atoms with Gasteiger partial charge in [-0.05, 0) is 48.9 Å². The van der Waals surface area contributed by atoms with Crippen molar-refractivity contribution in [1.82, 2.24) is 4.90 Å². The van der Waals surface area contributed by atoms with Crippen LogP contribution < -0.4 is 0 Å². The predicted molar refractivity (Wildman–Crippen MR) is 121 cm³/mol. The fourth-order valence-corrected chi connectivity index (χ4v) is 4.00. The van der Waals surface area contributed by atoms with Gasteiger partial charge >= 0.3 is 11.9 Å². The normalized spacial score (nSPS) is 18.7. The monoisotopic (exact) mass is 457 g/mol. The Morgan fingerprint density at radius 3 is 2.39 bits per heavy atom. The molecule has 1 aliphatic rings. The molecule has 1 fully saturated rings. The Balaban J connectivity index is 1.51. The number of hydrogen-bond donors (Lipinski definition) is 2. The number of amides is 1. The number of rotatable bonds is 11. The van der Waals surface area contributed by atoms with E-state index in [2.05, 4.69) is 12.1 Å². The Morgan fingerprint density at radius 2 is 1.73 bits per heavy atom. The van der Waals surface area contributed by atoms with E-state index in [-0.39, 0.29) is 12.1 Å². The zero-order chi connectivity index (χ0) is 23.8. The molecule has 0 aliphatic carbocycles. The summed E-state index contributed by atoms with van der Waals surface area (Å²) >= 11 is 0. The van der Waals surface area contributed by atoms with Crippen LogP contribution in [-0.4, -0.2) is 51.6 Å². The van der Waals surface area contributed by atoms with Crippen LogP contribution in [0.4, 0.5) is 8.78 Å². The summed E-state index contributed by atoms with van der Waals surface area (Å²) in [5.74, 6) is -5.68. The summed E-state index contributed by atoms with van der Waals surface area (Å²) < 4.78 is 28.2. The number of carbonyl (C=O) groups excluding carboxylic acids is 1. The average Bonchev–Trinajstić information content (AvgIpc) is 3.02. The number of likely N-dealkylation sites (tertiary alicyclic amines) is 1. The minimum atomic E-state index is -3.43. The van der Waals surface area contributed by atoms with Crippen LogP contribution in [0.1, 0.15) is 47.2 Å². The van der Waals surface area contributed by atoms with Crippen molar-refractivity contribution < 1.29 is 28.6 Å². The van der Waals surface area contributed by atoms with Crippen LogP contribution in [0, 0.1) is 0 Å². The number of unbranched alkanes of at least 4 members (excludes halogenated alkanes) is 1. The third-order valence-electron chi connectivity index (χ3n) is 5.90. The summed E-state index contributed by atoms with van der Waals surface area (Å²) in [4.78, 5) is 24.3. The van der Waals surface area contributed by atoms with Gasteiger partial charge in [0.05, 0.1) is 17.7 Å². The molecule has 33 heavy (non-hydrogen) atoms. The second kappa shape index (κ2) is 11.2. The summed E-state index contributed by atoms with van der Waals surface area (Å²) in [5, 5.41) is 19.2. The number of aryl methyl sites for hydroxylation is 1. The molecule has 0 aromatic heterocycles. The van der Waals surface area contributed by atoms with Crippen molar-refractivity contribution in [2.75, 3.05) is 6.54 Å². The number of alkyl halides is 2. The first-order valence-electron chi connectivity index (χ1n) is 11.2. The van der Waals surface area contributed by atoms with E-state index in [0.29, 0.717) is 12.8 Å². The molecule has 1 saturated heterocycles. The van der Waals surface area contributed by atoms with Gasteiger partial charge in [0.1, 0.15) is 0 Å². The van der Waals surface area contributed by atoms with Crippen LogP contribution in [0.5, 0.6) is 0 Å². The third kappa shape index (κ3) is 6.96. The van der Waals surface area contributed by atoms with Gasteiger partial charge in [-0.15, -0.1) is 0 Å². The lowest BCUT2D eigenvalue weighted by Crippen LogP contribution is -2.37. The molecule has 1 heterocycles. The second-order valence-corrected chi connectivity index (χ2v) is 8.41. The zero-order valence-corrected chi connectivity index (χ0v) is 18.4. The summed E-state index contributed by atoms with van der Waals surface area (Å²) in [7, 11) is 0. The van der Waals surface area contributed by atoms with Crippen molar-refractivity contribution in [3.05, 3.63) is 83.4 Å². The molecule has 2 aromatic carbocycles. The smallest absolute Gasteiger partial charge is 0.335 e. The fourth-order valence-electron chi connectivity index (χ4n) is 4.00. The van der Waals surface area contributed by atoms with E-state index in [9.17, 15) is 23.5 Å². The van der Waals surface area contributed by atoms with Gasteiger partial charge in [-0.1, -0.05) is 61.0 Å². The number of aromatic carboxylic acids is 1. The van der Waals surface area contributed by atoms with E-state index >= 15 is 0 Å². The first-order chi connectivity index (χ1) is 15.8. The lowest BCUT2D eigenvalue weighted by Gasteiger charge is -2.22. The van der Waals surface area contributed by atoms with Crippen LogP contribution in [0.25, 0.3) is 0 Å². The Hall–Kier alpha value is -3.06. The first kappa shape index (κ1) is 24.6. The van der Waals surface area contributed by atoms with Gasteiger partial charge in [-0.25, -0.2) is 4.79 Å². The molecule has 1 aliphatic heterocycles. The Labute approximate surface area is 192 Å². The number of nitrogens with zero attached hydrogens (tertiary/aromatic N) is 1. The molecule has 0 unspecified atom stereocenters. The quantitative estimate of drug-likeness (QED) is 0.385. The van der Waals surface area contributed by atoms with Crippen LogP contribution in [0.15, 0.2) is 66.7 Å². The first-order valence-corrected chi connectivity index (χ1v) is 11.2. The van der Waals surface area contributed by atoms with Gasteiger partial charge in [-0.2, -0.15) is 8.78 Å². The molecule has 2 atom stereocenters. The molecule has 0 bridgehead atoms. The van der Waals surface area contributed by atoms with Gasteiger partial charge in [0, 0.05) is 13.0 Å². The van der Waals surface area contributed by atoms with Crippen LogP contribution in [0.3, 0.4) is 0 Å². The highest BCUT2D eigenvalue weighted by atomic mass is 19.3. The number of carbonyl (C=O) groups is 2. The highest BCUT2D eigenvalue weighted by Gasteiger charge is 2.52. The molecule has 176 valence electrons. The van der Waals surface area contributed by atoms with E-state index in [1.165, 1.54) is 29.8 Å². The molecule has 2 aromatic rings. The van der Waals surface area contributed by atoms with Crippen LogP contribution >= 0.6 is 0 Å². The number of benzene rings is 2. The van der Waals surface area contributed by atoms with Gasteiger partial charge in [0.25, 0.3) is 5.91 Å². The lowest BCUT2D eigenvalue weighted by atomic mass is 10.0. The van der Waals surface area contributed by atoms with Gasteiger partial charge in [0.15, 0.2) is 0 Å². The molecule has 7 heteroatoms. The number of hydrogen-bond acceptors (Lipinski definition) is 3. The molecule has 0 saturated carbocycles. The van der Waals surface area contributed by atoms with Crippen LogP contribution in [-0.2, 0) is 17.6 Å². The maximum atomic E-state index is 14.1. The van der Waals surface area contributed by atoms with Crippen molar-refractivity contribution in [1.29, 1.82) is 0 Å². The predicted octanol–water partition coefficient (Wildman–Crippen LogP) is 4.49. The van der Waals surface area contributed by atoms with Gasteiger partial charge < -0.3 is 15.1 Å². The molecule has 3 rings (SSSR count). The SMILES string of the molecule is O=C(O)c1ccc(CCN2C(=O)C(F)(F)C[C@@H]2C=C[C@@H](O)CCCCc2ccccc2)cc1. The molecule has 1 amide bonds. The summed E-state index contributed by atoms with van der Waals surface area (Å²) in [6.07, 6.45) is 5.14. The number of aliphatic hydroxyl groups excluding tert-OH is 1. The highest BCUT2D eigenvalue weighted by molar-refractivity contribution is 5.87. The fraction of sp³-hybridized carbons (Fsp3) is 0.385. The summed E-state index contributed by atoms with van der Waals surface area (Å²) in [6.45, 7) is 0.0863. The largest absolute Gasteiger partial charge is 0.478 e. The Bertz CT molecular complexity index is 960. The Kier molecular flexibility index (Phi) is 8.33. The van der Waals surface area contributed by atoms with Crippen molar-refractivity contribution >= 4 is 11.9 Å². The van der Waals surface area contributed by atoms with E-state index in [1.807, 2.05) is 18.2 Å². The number of halogens is 2. The molecule has 0 radical (unpaired) electrons. The van der Waals surface area contributed by atoms with Gasteiger partial charge in [-0.3, -0.25) is 4.79 Å². The van der Waals surface area contributed by atoms with Crippen molar-refractivity contribution in [2.45, 2.75) is 56.6 Å². The lowest BCUT2D eigenvalue weighted by molar-refractivity contribution is -0.148. The highest BCUT2D eigenvalue weighted by Crippen LogP contribution is 2.34. The summed E-state index contributed by atoms with van der Waals surface area (Å²) in [5.41, 5.74) is 2.13. The van der Waals surface area contributed by atoms with Crippen LogP contribution in [0.2, 0.25) is 0 Å². The van der Waals surface area contributed by atoms with Crippen molar-refractivity contribution in [3.8, 4) is 0 Å². The maximum absolute atomic E-state index is 14.1.